The van der Waals surface area contributed by atoms with Gasteiger partial charge in [-0.3, -0.25) is 0 Å². The molecule has 0 heterocycles. The summed E-state index contributed by atoms with van der Waals surface area (Å²) in [4.78, 5) is 0. The average molecular weight is 284 g/mol. The summed E-state index contributed by atoms with van der Waals surface area (Å²) < 4.78 is 0. The molecule has 20 heavy (non-hydrogen) atoms. The first kappa shape index (κ1) is 15.0. The zero-order chi connectivity index (χ0) is 14.8. The fraction of sp³-hybridized carbons (Fsp3) is 0.333. The number of benzene rings is 2. The van der Waals surface area contributed by atoms with Crippen LogP contribution >= 0.6 is 0 Å². The predicted octanol–water partition coefficient (Wildman–Crippen LogP) is 3.12. The third-order valence-corrected chi connectivity index (χ3v) is 7.77. The van der Waals surface area contributed by atoms with E-state index in [2.05, 4.69) is 63.3 Å². The summed E-state index contributed by atoms with van der Waals surface area (Å²) in [5, 5.41) is 12.3. The Labute approximate surface area is 123 Å². The van der Waals surface area contributed by atoms with Gasteiger partial charge in [0.1, 0.15) is 8.07 Å². The number of rotatable bonds is 4. The van der Waals surface area contributed by atoms with Crippen molar-refractivity contribution in [2.24, 2.45) is 0 Å². The maximum atomic E-state index is 9.57. The summed E-state index contributed by atoms with van der Waals surface area (Å²) in [7, 11) is -1.74. The molecule has 106 valence electrons. The topological polar surface area (TPSA) is 20.2 Å². The third-order valence-electron chi connectivity index (χ3n) is 4.16. The van der Waals surface area contributed by atoms with E-state index >= 15 is 0 Å². The van der Waals surface area contributed by atoms with Crippen LogP contribution in [0.5, 0.6) is 0 Å². The lowest BCUT2D eigenvalue weighted by molar-refractivity contribution is 0.283. The number of aliphatic hydroxyl groups is 1. The quantitative estimate of drug-likeness (QED) is 0.855. The molecule has 0 aromatic heterocycles. The van der Waals surface area contributed by atoms with Crippen LogP contribution in [-0.4, -0.2) is 13.2 Å². The van der Waals surface area contributed by atoms with Crippen LogP contribution in [0.15, 0.2) is 48.5 Å². The second-order valence-corrected chi connectivity index (χ2v) is 10.6. The van der Waals surface area contributed by atoms with E-state index in [1.807, 2.05) is 12.1 Å². The van der Waals surface area contributed by atoms with Gasteiger partial charge in [-0.15, -0.1) is 0 Å². The van der Waals surface area contributed by atoms with Crippen LogP contribution in [0.25, 0.3) is 0 Å². The zero-order valence-corrected chi connectivity index (χ0v) is 13.9. The van der Waals surface area contributed by atoms with E-state index in [0.717, 1.165) is 5.56 Å². The van der Waals surface area contributed by atoms with Crippen LogP contribution in [0.3, 0.4) is 0 Å². The molecule has 0 aliphatic carbocycles. The Morgan fingerprint density at radius 3 is 2.10 bits per heavy atom. The molecule has 2 aromatic carbocycles. The summed E-state index contributed by atoms with van der Waals surface area (Å²) in [6, 6.07) is 17.3. The Kier molecular flexibility index (Phi) is 4.46. The first-order chi connectivity index (χ1) is 9.46. The molecule has 0 amide bonds. The monoisotopic (exact) mass is 284 g/mol. The van der Waals surface area contributed by atoms with E-state index in [0.29, 0.717) is 5.92 Å². The summed E-state index contributed by atoms with van der Waals surface area (Å²) in [5.41, 5.74) is 2.45. The van der Waals surface area contributed by atoms with E-state index in [1.165, 1.54) is 15.9 Å². The van der Waals surface area contributed by atoms with Crippen molar-refractivity contribution in [1.29, 1.82) is 0 Å². The standard InChI is InChI=1S/C18H24OSi/c1-14(2)15-9-11-17(12-10-15)20(3,4)18-8-6-5-7-16(18)13-19/h5-12,14,19H,13H2,1-4H3. The van der Waals surface area contributed by atoms with Crippen molar-refractivity contribution in [1.82, 2.24) is 0 Å². The summed E-state index contributed by atoms with van der Waals surface area (Å²) in [5.74, 6) is 0.568. The van der Waals surface area contributed by atoms with Gasteiger partial charge in [-0.1, -0.05) is 80.7 Å². The third kappa shape index (κ3) is 2.86. The molecule has 1 nitrogen and oxygen atoms in total. The molecular formula is C18H24OSi. The Morgan fingerprint density at radius 1 is 0.950 bits per heavy atom. The summed E-state index contributed by atoms with van der Waals surface area (Å²) in [6.07, 6.45) is 0. The summed E-state index contributed by atoms with van der Waals surface area (Å²) in [6.45, 7) is 9.27. The highest BCUT2D eigenvalue weighted by Gasteiger charge is 2.27. The summed E-state index contributed by atoms with van der Waals surface area (Å²) >= 11 is 0. The Balaban J connectivity index is 2.43. The molecule has 0 saturated carbocycles. The first-order valence-electron chi connectivity index (χ1n) is 7.26. The van der Waals surface area contributed by atoms with Crippen molar-refractivity contribution in [3.05, 3.63) is 59.7 Å². The van der Waals surface area contributed by atoms with Crippen LogP contribution in [0.2, 0.25) is 13.1 Å². The average Bonchev–Trinajstić information content (AvgIpc) is 2.47. The van der Waals surface area contributed by atoms with Crippen molar-refractivity contribution >= 4 is 18.4 Å². The molecule has 0 radical (unpaired) electrons. The van der Waals surface area contributed by atoms with E-state index in [1.54, 1.807) is 0 Å². The first-order valence-corrected chi connectivity index (χ1v) is 10.3. The maximum absolute atomic E-state index is 9.57. The Morgan fingerprint density at radius 2 is 1.55 bits per heavy atom. The Bertz CT molecular complexity index is 570. The largest absolute Gasteiger partial charge is 0.392 e. The minimum atomic E-state index is -1.74. The van der Waals surface area contributed by atoms with Crippen LogP contribution < -0.4 is 10.4 Å². The van der Waals surface area contributed by atoms with Gasteiger partial charge in [0.25, 0.3) is 0 Å². The highest BCUT2D eigenvalue weighted by molar-refractivity contribution is 7.00. The fourth-order valence-corrected chi connectivity index (χ4v) is 5.50. The lowest BCUT2D eigenvalue weighted by Crippen LogP contribution is -2.54. The van der Waals surface area contributed by atoms with Gasteiger partial charge in [-0.05, 0) is 22.2 Å². The minimum Gasteiger partial charge on any atom is -0.392 e. The van der Waals surface area contributed by atoms with E-state index in [4.69, 9.17) is 0 Å². The molecule has 0 saturated heterocycles. The van der Waals surface area contributed by atoms with Crippen molar-refractivity contribution < 1.29 is 5.11 Å². The molecule has 0 bridgehead atoms. The number of hydrogen-bond donors (Lipinski definition) is 1. The molecule has 0 spiro atoms. The van der Waals surface area contributed by atoms with Crippen molar-refractivity contribution in [2.75, 3.05) is 0 Å². The highest BCUT2D eigenvalue weighted by Crippen LogP contribution is 2.14. The van der Waals surface area contributed by atoms with Crippen molar-refractivity contribution in [3.8, 4) is 0 Å². The molecule has 0 fully saturated rings. The van der Waals surface area contributed by atoms with Crippen LogP contribution in [-0.2, 0) is 6.61 Å². The minimum absolute atomic E-state index is 0.122. The number of hydrogen-bond acceptors (Lipinski definition) is 1. The lowest BCUT2D eigenvalue weighted by Gasteiger charge is -2.26. The molecule has 0 unspecified atom stereocenters. The smallest absolute Gasteiger partial charge is 0.112 e. The second kappa shape index (κ2) is 5.94. The van der Waals surface area contributed by atoms with Gasteiger partial charge in [0.15, 0.2) is 0 Å². The molecule has 0 aliphatic heterocycles. The molecule has 1 N–H and O–H groups in total. The fourth-order valence-electron chi connectivity index (χ4n) is 2.71. The van der Waals surface area contributed by atoms with Gasteiger partial charge in [0.05, 0.1) is 6.61 Å². The molecule has 2 heteroatoms. The molecule has 2 rings (SSSR count). The molecule has 0 aliphatic rings. The van der Waals surface area contributed by atoms with E-state index in [-0.39, 0.29) is 6.61 Å². The molecular weight excluding hydrogens is 260 g/mol. The lowest BCUT2D eigenvalue weighted by atomic mass is 10.0. The molecule has 0 atom stereocenters. The van der Waals surface area contributed by atoms with E-state index < -0.39 is 8.07 Å². The van der Waals surface area contributed by atoms with Crippen LogP contribution in [0, 0.1) is 0 Å². The maximum Gasteiger partial charge on any atom is 0.112 e. The second-order valence-electron chi connectivity index (χ2n) is 6.22. The van der Waals surface area contributed by atoms with Gasteiger partial charge in [-0.25, -0.2) is 0 Å². The number of aliphatic hydroxyl groups excluding tert-OH is 1. The van der Waals surface area contributed by atoms with E-state index in [9.17, 15) is 5.11 Å². The molecule has 2 aromatic rings. The van der Waals surface area contributed by atoms with Crippen LogP contribution in [0.4, 0.5) is 0 Å². The zero-order valence-electron chi connectivity index (χ0n) is 12.9. The van der Waals surface area contributed by atoms with Crippen LogP contribution in [0.1, 0.15) is 30.9 Å². The van der Waals surface area contributed by atoms with Gasteiger partial charge in [-0.2, -0.15) is 0 Å². The van der Waals surface area contributed by atoms with Gasteiger partial charge >= 0.3 is 0 Å². The van der Waals surface area contributed by atoms with Gasteiger partial charge in [0.2, 0.25) is 0 Å². The predicted molar refractivity (Wildman–Crippen MR) is 89.6 cm³/mol. The van der Waals surface area contributed by atoms with Crippen molar-refractivity contribution in [3.63, 3.8) is 0 Å². The normalized spacial score (nSPS) is 11.9. The SMILES string of the molecule is CC(C)c1ccc([Si](C)(C)c2ccccc2CO)cc1. The van der Waals surface area contributed by atoms with Gasteiger partial charge < -0.3 is 5.11 Å². The Hall–Kier alpha value is -1.38. The van der Waals surface area contributed by atoms with Crippen molar-refractivity contribution in [2.45, 2.75) is 39.5 Å². The van der Waals surface area contributed by atoms with Gasteiger partial charge in [0, 0.05) is 0 Å². The highest BCUT2D eigenvalue weighted by atomic mass is 28.3.